The van der Waals surface area contributed by atoms with Gasteiger partial charge in [-0.1, -0.05) is 11.6 Å². The van der Waals surface area contributed by atoms with E-state index in [1.165, 1.54) is 17.7 Å². The summed E-state index contributed by atoms with van der Waals surface area (Å²) in [5.74, 6) is -0.266. The first-order valence-corrected chi connectivity index (χ1v) is 6.60. The van der Waals surface area contributed by atoms with Crippen molar-refractivity contribution in [3.05, 3.63) is 56.5 Å². The largest absolute Gasteiger partial charge is 0.309 e. The average molecular weight is 270 g/mol. The lowest BCUT2D eigenvalue weighted by atomic mass is 9.98. The summed E-state index contributed by atoms with van der Waals surface area (Å²) in [6.07, 6.45) is 0. The molecular formula is C13H13ClFNS. The molecule has 0 bridgehead atoms. The Hall–Kier alpha value is -0.900. The van der Waals surface area contributed by atoms with E-state index in [2.05, 4.69) is 16.1 Å². The summed E-state index contributed by atoms with van der Waals surface area (Å²) in [5, 5.41) is 7.91. The van der Waals surface area contributed by atoms with Crippen molar-refractivity contribution in [2.24, 2.45) is 0 Å². The van der Waals surface area contributed by atoms with Gasteiger partial charge in [0.25, 0.3) is 0 Å². The second-order valence-electron chi connectivity index (χ2n) is 3.90. The summed E-state index contributed by atoms with van der Waals surface area (Å²) in [6, 6.07) is 4.39. The monoisotopic (exact) mass is 269 g/mol. The average Bonchev–Trinajstić information content (AvgIpc) is 2.71. The molecule has 90 valence electrons. The quantitative estimate of drug-likeness (QED) is 0.882. The van der Waals surface area contributed by atoms with Crippen LogP contribution in [0.3, 0.4) is 0 Å². The van der Waals surface area contributed by atoms with E-state index in [0.29, 0.717) is 5.02 Å². The minimum Gasteiger partial charge on any atom is -0.309 e. The minimum atomic E-state index is -0.266. The van der Waals surface area contributed by atoms with Crippen LogP contribution in [-0.4, -0.2) is 7.05 Å². The van der Waals surface area contributed by atoms with Crippen LogP contribution in [0.5, 0.6) is 0 Å². The molecule has 1 nitrogen and oxygen atoms in total. The number of hydrogen-bond donors (Lipinski definition) is 1. The number of benzene rings is 1. The highest BCUT2D eigenvalue weighted by Gasteiger charge is 2.18. The molecule has 0 amide bonds. The van der Waals surface area contributed by atoms with Gasteiger partial charge in [0.15, 0.2) is 0 Å². The van der Waals surface area contributed by atoms with Crippen LogP contribution in [0, 0.1) is 12.7 Å². The third kappa shape index (κ3) is 2.51. The maximum absolute atomic E-state index is 13.3. The molecular weight excluding hydrogens is 257 g/mol. The maximum atomic E-state index is 13.3. The lowest BCUT2D eigenvalue weighted by Crippen LogP contribution is -2.18. The third-order valence-electron chi connectivity index (χ3n) is 2.76. The summed E-state index contributed by atoms with van der Waals surface area (Å²) < 4.78 is 13.3. The van der Waals surface area contributed by atoms with Crippen molar-refractivity contribution in [2.45, 2.75) is 13.0 Å². The standard InChI is InChI=1S/C13H13ClFNS/c1-8-6-17-7-11(8)13(16-2)10-5-9(15)3-4-12(10)14/h3-7,13,16H,1-2H3. The molecule has 0 radical (unpaired) electrons. The number of nitrogens with one attached hydrogen (secondary N) is 1. The van der Waals surface area contributed by atoms with E-state index in [-0.39, 0.29) is 11.9 Å². The SMILES string of the molecule is CNC(c1cscc1C)c1cc(F)ccc1Cl. The number of hydrogen-bond acceptors (Lipinski definition) is 2. The molecule has 1 N–H and O–H groups in total. The molecule has 0 aliphatic carbocycles. The Balaban J connectivity index is 2.49. The van der Waals surface area contributed by atoms with Gasteiger partial charge < -0.3 is 5.32 Å². The fraction of sp³-hybridized carbons (Fsp3) is 0.231. The van der Waals surface area contributed by atoms with Crippen LogP contribution >= 0.6 is 22.9 Å². The van der Waals surface area contributed by atoms with E-state index in [1.807, 2.05) is 14.0 Å². The molecule has 1 heterocycles. The molecule has 1 atom stereocenters. The highest BCUT2D eigenvalue weighted by atomic mass is 35.5. The van der Waals surface area contributed by atoms with Crippen LogP contribution in [0.15, 0.2) is 29.0 Å². The Labute approximate surface area is 109 Å². The van der Waals surface area contributed by atoms with Crippen LogP contribution in [0.4, 0.5) is 4.39 Å². The summed E-state index contributed by atoms with van der Waals surface area (Å²) in [5.41, 5.74) is 3.11. The smallest absolute Gasteiger partial charge is 0.123 e. The molecule has 1 aromatic carbocycles. The summed E-state index contributed by atoms with van der Waals surface area (Å²) in [6.45, 7) is 2.05. The Bertz CT molecular complexity index is 524. The molecule has 2 aromatic rings. The highest BCUT2D eigenvalue weighted by Crippen LogP contribution is 2.31. The zero-order valence-corrected chi connectivity index (χ0v) is 11.2. The van der Waals surface area contributed by atoms with Gasteiger partial charge in [0.2, 0.25) is 0 Å². The first-order valence-electron chi connectivity index (χ1n) is 5.28. The predicted octanol–water partition coefficient (Wildman–Crippen LogP) is 4.16. The van der Waals surface area contributed by atoms with Gasteiger partial charge in [-0.2, -0.15) is 11.3 Å². The molecule has 0 aliphatic rings. The summed E-state index contributed by atoms with van der Waals surface area (Å²) in [7, 11) is 1.85. The second-order valence-corrected chi connectivity index (χ2v) is 5.05. The Kier molecular flexibility index (Phi) is 3.82. The minimum absolute atomic E-state index is 0.0653. The molecule has 1 aromatic heterocycles. The predicted molar refractivity (Wildman–Crippen MR) is 71.4 cm³/mol. The first-order chi connectivity index (χ1) is 8.13. The van der Waals surface area contributed by atoms with E-state index in [4.69, 9.17) is 11.6 Å². The van der Waals surface area contributed by atoms with Gasteiger partial charge in [-0.05, 0) is 59.6 Å². The lowest BCUT2D eigenvalue weighted by molar-refractivity contribution is 0.616. The molecule has 1 unspecified atom stereocenters. The van der Waals surface area contributed by atoms with E-state index < -0.39 is 0 Å². The number of aryl methyl sites for hydroxylation is 1. The number of thiophene rings is 1. The van der Waals surface area contributed by atoms with Crippen molar-refractivity contribution in [1.82, 2.24) is 5.32 Å². The fourth-order valence-electron chi connectivity index (χ4n) is 1.88. The van der Waals surface area contributed by atoms with Crippen molar-refractivity contribution in [3.8, 4) is 0 Å². The van der Waals surface area contributed by atoms with Gasteiger partial charge in [0.1, 0.15) is 5.82 Å². The van der Waals surface area contributed by atoms with Crippen LogP contribution in [-0.2, 0) is 0 Å². The van der Waals surface area contributed by atoms with Crippen molar-refractivity contribution in [2.75, 3.05) is 7.05 Å². The van der Waals surface area contributed by atoms with Gasteiger partial charge >= 0.3 is 0 Å². The van der Waals surface area contributed by atoms with E-state index in [1.54, 1.807) is 17.4 Å². The van der Waals surface area contributed by atoms with Crippen LogP contribution in [0.25, 0.3) is 0 Å². The fourth-order valence-corrected chi connectivity index (χ4v) is 2.98. The van der Waals surface area contributed by atoms with Crippen molar-refractivity contribution in [1.29, 1.82) is 0 Å². The Morgan fingerprint density at radius 1 is 1.29 bits per heavy atom. The molecule has 0 aliphatic heterocycles. The van der Waals surface area contributed by atoms with Crippen LogP contribution < -0.4 is 5.32 Å². The second kappa shape index (κ2) is 5.17. The molecule has 2 rings (SSSR count). The Morgan fingerprint density at radius 3 is 2.65 bits per heavy atom. The lowest BCUT2D eigenvalue weighted by Gasteiger charge is -2.18. The molecule has 0 saturated carbocycles. The van der Waals surface area contributed by atoms with Gasteiger partial charge in [0.05, 0.1) is 6.04 Å². The zero-order valence-electron chi connectivity index (χ0n) is 9.63. The maximum Gasteiger partial charge on any atom is 0.123 e. The van der Waals surface area contributed by atoms with E-state index in [9.17, 15) is 4.39 Å². The van der Waals surface area contributed by atoms with E-state index >= 15 is 0 Å². The Morgan fingerprint density at radius 2 is 2.06 bits per heavy atom. The summed E-state index contributed by atoms with van der Waals surface area (Å²) in [4.78, 5) is 0. The molecule has 4 heteroatoms. The van der Waals surface area contributed by atoms with Gasteiger partial charge in [-0.15, -0.1) is 0 Å². The number of rotatable bonds is 3. The van der Waals surface area contributed by atoms with Gasteiger partial charge in [0, 0.05) is 5.02 Å². The van der Waals surface area contributed by atoms with Crippen LogP contribution in [0.1, 0.15) is 22.7 Å². The van der Waals surface area contributed by atoms with Crippen molar-refractivity contribution in [3.63, 3.8) is 0 Å². The molecule has 0 fully saturated rings. The molecule has 0 saturated heterocycles. The normalized spacial score (nSPS) is 12.7. The van der Waals surface area contributed by atoms with Crippen LogP contribution in [0.2, 0.25) is 5.02 Å². The van der Waals surface area contributed by atoms with Gasteiger partial charge in [-0.3, -0.25) is 0 Å². The molecule has 17 heavy (non-hydrogen) atoms. The molecule has 0 spiro atoms. The number of halogens is 2. The highest BCUT2D eigenvalue weighted by molar-refractivity contribution is 7.08. The van der Waals surface area contributed by atoms with Crippen molar-refractivity contribution >= 4 is 22.9 Å². The van der Waals surface area contributed by atoms with Gasteiger partial charge in [-0.25, -0.2) is 4.39 Å². The third-order valence-corrected chi connectivity index (χ3v) is 3.99. The zero-order chi connectivity index (χ0) is 12.4. The summed E-state index contributed by atoms with van der Waals surface area (Å²) >= 11 is 7.77. The topological polar surface area (TPSA) is 12.0 Å². The van der Waals surface area contributed by atoms with Crippen molar-refractivity contribution < 1.29 is 4.39 Å². The first kappa shape index (κ1) is 12.6. The van der Waals surface area contributed by atoms with E-state index in [0.717, 1.165) is 11.1 Å².